The molecule has 2 amide bonds. The van der Waals surface area contributed by atoms with Gasteiger partial charge < -0.3 is 14.5 Å². The maximum atomic E-state index is 15.7. The van der Waals surface area contributed by atoms with Gasteiger partial charge in [0, 0.05) is 36.7 Å². The smallest absolute Gasteiger partial charge is 0.320 e. The van der Waals surface area contributed by atoms with E-state index in [-0.39, 0.29) is 41.8 Å². The van der Waals surface area contributed by atoms with Crippen LogP contribution in [-0.2, 0) is 21.2 Å². The second kappa shape index (κ2) is 9.55. The molecule has 0 unspecified atom stereocenters. The number of halogens is 4. The Hall–Kier alpha value is -2.70. The number of carbonyl (C=O) groups is 1. The van der Waals surface area contributed by atoms with E-state index < -0.39 is 51.0 Å². The Morgan fingerprint density at radius 3 is 2.41 bits per heavy atom. The third-order valence-electron chi connectivity index (χ3n) is 7.65. The van der Waals surface area contributed by atoms with Gasteiger partial charge in [-0.2, -0.15) is 0 Å². The Balaban J connectivity index is 1.49. The lowest BCUT2D eigenvalue weighted by molar-refractivity contribution is -0.0166. The highest BCUT2D eigenvalue weighted by molar-refractivity contribution is 7.89. The number of nitrogens with one attached hydrogen (secondary N) is 1. The molecule has 2 saturated heterocycles. The first-order chi connectivity index (χ1) is 17.6. The van der Waals surface area contributed by atoms with E-state index in [0.717, 1.165) is 12.1 Å². The number of carbonyl (C=O) groups excluding carboxylic acids is 1. The molecule has 12 heteroatoms. The van der Waals surface area contributed by atoms with Gasteiger partial charge in [-0.3, -0.25) is 0 Å². The Morgan fingerprint density at radius 1 is 1.14 bits per heavy atom. The minimum atomic E-state index is -4.27. The van der Waals surface area contributed by atoms with Gasteiger partial charge in [0.2, 0.25) is 16.0 Å². The number of nitrogens with zero attached hydrogens (tertiary/aromatic N) is 2. The molecule has 1 aliphatic carbocycles. The minimum Gasteiger partial charge on any atom is -0.378 e. The summed E-state index contributed by atoms with van der Waals surface area (Å²) in [7, 11) is -2.72. The third kappa shape index (κ3) is 4.94. The standard InChI is InChI=1S/C25H27F4N3O4S/c1-36-19-11-31(12-19)24(33)32-13-25(5-6-25)23(30-37(34,35)14-26)21(32)9-15-3-2-4-20(22(15)29)16-7-17(27)10-18(28)8-16/h2-4,7-8,10,19,21,23,30H,5-6,9,11-14H2,1H3/t21-,23+/m0/s1. The summed E-state index contributed by atoms with van der Waals surface area (Å²) in [5.74, 6) is -2.44. The lowest BCUT2D eigenvalue weighted by Gasteiger charge is -2.42. The highest BCUT2D eigenvalue weighted by Crippen LogP contribution is 2.56. The van der Waals surface area contributed by atoms with E-state index in [0.29, 0.717) is 32.0 Å². The average Bonchev–Trinajstić information content (AvgIpc) is 3.54. The molecule has 2 heterocycles. The molecule has 0 bridgehead atoms. The minimum absolute atomic E-state index is 0.00994. The van der Waals surface area contributed by atoms with Crippen molar-refractivity contribution in [2.24, 2.45) is 5.41 Å². The van der Waals surface area contributed by atoms with Crippen molar-refractivity contribution in [1.29, 1.82) is 0 Å². The molecule has 7 nitrogen and oxygen atoms in total. The van der Waals surface area contributed by atoms with Crippen molar-refractivity contribution in [2.75, 3.05) is 32.8 Å². The van der Waals surface area contributed by atoms with Gasteiger partial charge in [0.25, 0.3) is 0 Å². The van der Waals surface area contributed by atoms with E-state index >= 15 is 4.39 Å². The summed E-state index contributed by atoms with van der Waals surface area (Å²) < 4.78 is 88.7. The highest BCUT2D eigenvalue weighted by Gasteiger charge is 2.62. The van der Waals surface area contributed by atoms with Crippen LogP contribution in [0.2, 0.25) is 0 Å². The van der Waals surface area contributed by atoms with Crippen molar-refractivity contribution in [2.45, 2.75) is 37.5 Å². The topological polar surface area (TPSA) is 79.0 Å². The number of ether oxygens (including phenoxy) is 1. The molecule has 0 radical (unpaired) electrons. The van der Waals surface area contributed by atoms with E-state index in [1.165, 1.54) is 23.1 Å². The first kappa shape index (κ1) is 25.9. The van der Waals surface area contributed by atoms with Crippen LogP contribution in [0.1, 0.15) is 18.4 Å². The number of hydrogen-bond donors (Lipinski definition) is 1. The van der Waals surface area contributed by atoms with E-state index in [1.807, 2.05) is 0 Å². The van der Waals surface area contributed by atoms with Gasteiger partial charge in [0.1, 0.15) is 17.5 Å². The number of hydrogen-bond acceptors (Lipinski definition) is 4. The molecular weight excluding hydrogens is 514 g/mol. The zero-order valence-corrected chi connectivity index (χ0v) is 20.9. The zero-order valence-electron chi connectivity index (χ0n) is 20.1. The Kier molecular flexibility index (Phi) is 6.70. The van der Waals surface area contributed by atoms with Crippen molar-refractivity contribution in [1.82, 2.24) is 14.5 Å². The number of benzene rings is 2. The van der Waals surface area contributed by atoms with E-state index in [9.17, 15) is 26.4 Å². The summed E-state index contributed by atoms with van der Waals surface area (Å²) in [5, 5.41) is 0. The van der Waals surface area contributed by atoms with Gasteiger partial charge in [0.15, 0.2) is 0 Å². The third-order valence-corrected chi connectivity index (χ3v) is 8.55. The van der Waals surface area contributed by atoms with Crippen LogP contribution in [0.15, 0.2) is 36.4 Å². The zero-order chi connectivity index (χ0) is 26.5. The lowest BCUT2D eigenvalue weighted by atomic mass is 9.91. The number of urea groups is 1. The molecule has 3 aliphatic rings. The molecule has 3 fully saturated rings. The van der Waals surface area contributed by atoms with Crippen molar-refractivity contribution < 1.29 is 35.5 Å². The van der Waals surface area contributed by atoms with Crippen LogP contribution >= 0.6 is 0 Å². The summed E-state index contributed by atoms with van der Waals surface area (Å²) in [6, 6.07) is 3.58. The van der Waals surface area contributed by atoms with Crippen LogP contribution in [-0.4, -0.2) is 75.2 Å². The monoisotopic (exact) mass is 541 g/mol. The fourth-order valence-electron chi connectivity index (χ4n) is 5.46. The summed E-state index contributed by atoms with van der Waals surface area (Å²) in [4.78, 5) is 16.5. The van der Waals surface area contributed by atoms with Crippen LogP contribution in [0.4, 0.5) is 22.4 Å². The number of alkyl halides is 1. The number of methoxy groups -OCH3 is 1. The molecule has 2 atom stereocenters. The van der Waals surface area contributed by atoms with Gasteiger partial charge >= 0.3 is 6.03 Å². The van der Waals surface area contributed by atoms with Crippen LogP contribution in [0.5, 0.6) is 0 Å². The van der Waals surface area contributed by atoms with E-state index in [2.05, 4.69) is 4.72 Å². The second-order valence-corrected chi connectivity index (χ2v) is 11.7. The number of likely N-dealkylation sites (tertiary alicyclic amines) is 2. The molecule has 37 heavy (non-hydrogen) atoms. The van der Waals surface area contributed by atoms with E-state index in [4.69, 9.17) is 4.74 Å². The summed E-state index contributed by atoms with van der Waals surface area (Å²) in [6.45, 7) is 1.00. The number of sulfonamides is 1. The molecule has 2 aromatic rings. The Bertz CT molecular complexity index is 1290. The quantitative estimate of drug-likeness (QED) is 0.545. The second-order valence-electron chi connectivity index (χ2n) is 10.1. The summed E-state index contributed by atoms with van der Waals surface area (Å²) in [6.07, 6.45) is 1.10. The van der Waals surface area contributed by atoms with Crippen LogP contribution in [0, 0.1) is 22.9 Å². The number of rotatable bonds is 7. The van der Waals surface area contributed by atoms with Crippen molar-refractivity contribution in [3.63, 3.8) is 0 Å². The maximum Gasteiger partial charge on any atom is 0.320 e. The largest absolute Gasteiger partial charge is 0.378 e. The molecular formula is C25H27F4N3O4S. The SMILES string of the molecule is COC1CN(C(=O)N2CC3(CC3)[C@H](NS(=O)(=O)CF)[C@@H]2Cc2cccc(-c3cc(F)cc(F)c3)c2F)C1. The molecule has 2 aliphatic heterocycles. The molecule has 0 aromatic heterocycles. The van der Waals surface area contributed by atoms with Crippen LogP contribution < -0.4 is 4.72 Å². The molecule has 1 spiro atoms. The molecule has 2 aromatic carbocycles. The first-order valence-electron chi connectivity index (χ1n) is 11.9. The van der Waals surface area contributed by atoms with Gasteiger partial charge in [-0.05, 0) is 42.5 Å². The molecule has 5 rings (SSSR count). The molecule has 1 saturated carbocycles. The van der Waals surface area contributed by atoms with Gasteiger partial charge in [0.05, 0.1) is 25.2 Å². The molecule has 200 valence electrons. The van der Waals surface area contributed by atoms with Crippen molar-refractivity contribution >= 4 is 16.1 Å². The fourth-order valence-corrected chi connectivity index (χ4v) is 6.32. The predicted octanol–water partition coefficient (Wildman–Crippen LogP) is 3.44. The summed E-state index contributed by atoms with van der Waals surface area (Å²) in [5.41, 5.74) is -0.436. The van der Waals surface area contributed by atoms with Crippen molar-refractivity contribution in [3.8, 4) is 11.1 Å². The van der Waals surface area contributed by atoms with Crippen LogP contribution in [0.25, 0.3) is 11.1 Å². The Morgan fingerprint density at radius 2 is 1.81 bits per heavy atom. The maximum absolute atomic E-state index is 15.7. The summed E-state index contributed by atoms with van der Waals surface area (Å²) >= 11 is 0. The van der Waals surface area contributed by atoms with Gasteiger partial charge in [-0.15, -0.1) is 0 Å². The molecule has 1 N–H and O–H groups in total. The van der Waals surface area contributed by atoms with Gasteiger partial charge in [-0.25, -0.2) is 35.5 Å². The number of amides is 2. The van der Waals surface area contributed by atoms with Crippen molar-refractivity contribution in [3.05, 3.63) is 59.4 Å². The lowest BCUT2D eigenvalue weighted by Crippen LogP contribution is -2.60. The van der Waals surface area contributed by atoms with Gasteiger partial charge in [-0.1, -0.05) is 18.2 Å². The van der Waals surface area contributed by atoms with E-state index in [1.54, 1.807) is 12.0 Å². The predicted molar refractivity (Wildman–Crippen MR) is 127 cm³/mol. The normalized spacial score (nSPS) is 22.9. The Labute approximate surface area is 212 Å². The average molecular weight is 542 g/mol. The fraction of sp³-hybridized carbons (Fsp3) is 0.480. The highest BCUT2D eigenvalue weighted by atomic mass is 32.2. The van der Waals surface area contributed by atoms with Crippen LogP contribution in [0.3, 0.4) is 0 Å². The first-order valence-corrected chi connectivity index (χ1v) is 13.6.